The number of phenols is 1. The number of hydrogen-bond donors (Lipinski definition) is 1. The molecule has 0 aromatic heterocycles. The lowest BCUT2D eigenvalue weighted by atomic mass is 9.51. The monoisotopic (exact) mass is 632 g/mol. The molecule has 2 saturated heterocycles. The first kappa shape index (κ1) is 28.7. The molecule has 10 heteroatoms. The van der Waals surface area contributed by atoms with Crippen molar-refractivity contribution >= 4 is 52.5 Å². The first-order chi connectivity index (χ1) is 21.0. The smallest absolute Gasteiger partial charge is 0.241 e. The van der Waals surface area contributed by atoms with E-state index in [-0.39, 0.29) is 46.3 Å². The lowest BCUT2D eigenvalue weighted by Crippen LogP contribution is -2.49. The summed E-state index contributed by atoms with van der Waals surface area (Å²) in [6.45, 7) is 1.88. The van der Waals surface area contributed by atoms with Crippen LogP contribution in [0.3, 0.4) is 0 Å². The van der Waals surface area contributed by atoms with Gasteiger partial charge in [0.15, 0.2) is 0 Å². The van der Waals surface area contributed by atoms with E-state index in [1.807, 2.05) is 36.4 Å². The summed E-state index contributed by atoms with van der Waals surface area (Å²) in [6, 6.07) is 17.5. The van der Waals surface area contributed by atoms with E-state index in [2.05, 4.69) is 0 Å². The number of nitrogens with zero attached hydrogens (tertiary/aromatic N) is 2. The number of carbonyl (C=O) groups is 4. The zero-order chi connectivity index (χ0) is 31.1. The molecule has 0 unspecified atom stereocenters. The van der Waals surface area contributed by atoms with Crippen molar-refractivity contribution in [2.45, 2.75) is 32.2 Å². The van der Waals surface area contributed by atoms with Crippen LogP contribution in [-0.2, 0) is 25.7 Å². The van der Waals surface area contributed by atoms with Crippen LogP contribution in [0, 0.1) is 34.9 Å². The van der Waals surface area contributed by atoms with Gasteiger partial charge in [-0.2, -0.15) is 0 Å². The van der Waals surface area contributed by atoms with Crippen LogP contribution in [0.25, 0.3) is 0 Å². The number of hydrogen-bond acceptors (Lipinski definition) is 5. The molecule has 0 radical (unpaired) electrons. The Morgan fingerprint density at radius 2 is 1.66 bits per heavy atom. The van der Waals surface area contributed by atoms with Crippen LogP contribution in [0.1, 0.15) is 36.8 Å². The van der Waals surface area contributed by atoms with Gasteiger partial charge in [-0.1, -0.05) is 71.2 Å². The molecule has 2 aliphatic carbocycles. The third-order valence-electron chi connectivity index (χ3n) is 10.0. The van der Waals surface area contributed by atoms with E-state index in [9.17, 15) is 28.7 Å². The Kier molecular flexibility index (Phi) is 6.71. The van der Waals surface area contributed by atoms with Crippen molar-refractivity contribution in [3.8, 4) is 5.75 Å². The first-order valence-electron chi connectivity index (χ1n) is 14.4. The molecule has 224 valence electrons. The van der Waals surface area contributed by atoms with Gasteiger partial charge in [-0.3, -0.25) is 24.1 Å². The maximum absolute atomic E-state index is 14.4. The lowest BCUT2D eigenvalue weighted by molar-refractivity contribution is -0.141. The Bertz CT molecular complexity index is 1800. The standard InChI is InChI=1S/C34H27Cl2FN2O5/c1-34-24(31(42)39(33(34)44)18-7-12-27(37)26(36)13-18)15-23-20(29(34)21-9-8-19(40)14-25(21)35)10-11-22-28(23)32(43)38(30(22)41)16-17-5-3-2-4-6-17/h2-10,12-14,22-24,28-29,40H,11,15-16H2,1H3/t22-,23+,24-,28-,29+,34+/m0/s1. The van der Waals surface area contributed by atoms with Crippen LogP contribution in [0.2, 0.25) is 10.0 Å². The van der Waals surface area contributed by atoms with Gasteiger partial charge in [0.05, 0.1) is 40.4 Å². The average Bonchev–Trinajstić information content (AvgIpc) is 3.35. The maximum atomic E-state index is 14.4. The molecular formula is C34H27Cl2FN2O5. The van der Waals surface area contributed by atoms with Crippen molar-refractivity contribution in [2.75, 3.05) is 4.90 Å². The molecule has 0 bridgehead atoms. The Morgan fingerprint density at radius 3 is 2.36 bits per heavy atom. The second kappa shape index (κ2) is 10.3. The molecule has 3 fully saturated rings. The number of phenolic OH excluding ortho intramolecular Hbond substituents is 1. The van der Waals surface area contributed by atoms with Crippen molar-refractivity contribution in [1.82, 2.24) is 4.90 Å². The van der Waals surface area contributed by atoms with Crippen LogP contribution < -0.4 is 4.90 Å². The molecule has 1 saturated carbocycles. The number of anilines is 1. The fourth-order valence-corrected chi connectivity index (χ4v) is 8.43. The molecule has 3 aromatic rings. The lowest BCUT2D eigenvalue weighted by Gasteiger charge is -2.49. The van der Waals surface area contributed by atoms with E-state index in [0.717, 1.165) is 22.1 Å². The highest BCUT2D eigenvalue weighted by molar-refractivity contribution is 6.32. The summed E-state index contributed by atoms with van der Waals surface area (Å²) >= 11 is 12.8. The highest BCUT2D eigenvalue weighted by Crippen LogP contribution is 2.64. The van der Waals surface area contributed by atoms with Gasteiger partial charge in [0, 0.05) is 10.9 Å². The Hall–Kier alpha value is -4.01. The van der Waals surface area contributed by atoms with Crippen LogP contribution >= 0.6 is 23.2 Å². The van der Waals surface area contributed by atoms with Gasteiger partial charge in [-0.25, -0.2) is 9.29 Å². The first-order valence-corrected chi connectivity index (χ1v) is 15.2. The van der Waals surface area contributed by atoms with Gasteiger partial charge in [0.25, 0.3) is 0 Å². The zero-order valence-electron chi connectivity index (χ0n) is 23.5. The van der Waals surface area contributed by atoms with Gasteiger partial charge in [-0.05, 0) is 67.1 Å². The molecule has 3 aromatic carbocycles. The summed E-state index contributed by atoms with van der Waals surface area (Å²) in [4.78, 5) is 58.7. The predicted octanol–water partition coefficient (Wildman–Crippen LogP) is 6.27. The van der Waals surface area contributed by atoms with Crippen molar-refractivity contribution in [3.63, 3.8) is 0 Å². The highest BCUT2D eigenvalue weighted by atomic mass is 35.5. The summed E-state index contributed by atoms with van der Waals surface area (Å²) in [6.07, 6.45) is 2.41. The third-order valence-corrected chi connectivity index (χ3v) is 10.6. The topological polar surface area (TPSA) is 95.0 Å². The number of aromatic hydroxyl groups is 1. The highest BCUT2D eigenvalue weighted by Gasteiger charge is 2.67. The molecule has 6 atom stereocenters. The number of imide groups is 2. The summed E-state index contributed by atoms with van der Waals surface area (Å²) in [5.74, 6) is -5.67. The van der Waals surface area contributed by atoms with E-state index >= 15 is 0 Å². The number of amides is 4. The van der Waals surface area contributed by atoms with E-state index in [0.29, 0.717) is 12.0 Å². The number of rotatable bonds is 4. The zero-order valence-corrected chi connectivity index (χ0v) is 25.1. The summed E-state index contributed by atoms with van der Waals surface area (Å²) in [5, 5.41) is 10.1. The van der Waals surface area contributed by atoms with Crippen LogP contribution in [0.15, 0.2) is 78.4 Å². The third kappa shape index (κ3) is 4.07. The van der Waals surface area contributed by atoms with Gasteiger partial charge < -0.3 is 5.11 Å². The fourth-order valence-electron chi connectivity index (χ4n) is 7.97. The number of likely N-dealkylation sites (tertiary alicyclic amines) is 1. The Labute approximate surface area is 262 Å². The Morgan fingerprint density at radius 1 is 0.909 bits per heavy atom. The molecule has 1 N–H and O–H groups in total. The SMILES string of the molecule is C[C@@]12C(=O)N(c3ccc(F)c(Cl)c3)C(=O)[C@@H]1C[C@@H]1C(=CC[C@@H]3C(=O)N(Cc4ccccc4)C(=O)[C@@H]31)[C@@H]2c1ccc(O)cc1Cl. The molecule has 7 nitrogen and oxygen atoms in total. The molecule has 7 rings (SSSR count). The average molecular weight is 634 g/mol. The summed E-state index contributed by atoms with van der Waals surface area (Å²) in [7, 11) is 0. The number of benzene rings is 3. The van der Waals surface area contributed by atoms with Crippen molar-refractivity contribution in [1.29, 1.82) is 0 Å². The summed E-state index contributed by atoms with van der Waals surface area (Å²) in [5.41, 5.74) is 0.956. The fraction of sp³-hybridized carbons (Fsp3) is 0.294. The summed E-state index contributed by atoms with van der Waals surface area (Å²) < 4.78 is 14.0. The quantitative estimate of drug-likeness (QED) is 0.270. The van der Waals surface area contributed by atoms with Crippen LogP contribution in [0.5, 0.6) is 5.75 Å². The molecule has 4 aliphatic rings. The normalized spacial score (nSPS) is 29.5. The molecule has 44 heavy (non-hydrogen) atoms. The van der Waals surface area contributed by atoms with Crippen molar-refractivity contribution in [2.24, 2.45) is 29.1 Å². The minimum Gasteiger partial charge on any atom is -0.508 e. The molecule has 2 aliphatic heterocycles. The van der Waals surface area contributed by atoms with Gasteiger partial charge >= 0.3 is 0 Å². The van der Waals surface area contributed by atoms with E-state index in [4.69, 9.17) is 23.2 Å². The molecule has 4 amide bonds. The second-order valence-corrected chi connectivity index (χ2v) is 13.0. The molecule has 2 heterocycles. The van der Waals surface area contributed by atoms with Crippen LogP contribution in [-0.4, -0.2) is 33.6 Å². The number of carbonyl (C=O) groups excluding carboxylic acids is 4. The number of fused-ring (bicyclic) bond motifs is 4. The van der Waals surface area contributed by atoms with E-state index in [1.54, 1.807) is 13.0 Å². The Balaban J connectivity index is 1.35. The van der Waals surface area contributed by atoms with Gasteiger partial charge in [-0.15, -0.1) is 0 Å². The molecular weight excluding hydrogens is 606 g/mol. The van der Waals surface area contributed by atoms with Gasteiger partial charge in [0.2, 0.25) is 23.6 Å². The van der Waals surface area contributed by atoms with E-state index < -0.39 is 52.6 Å². The second-order valence-electron chi connectivity index (χ2n) is 12.2. The maximum Gasteiger partial charge on any atom is 0.241 e. The molecule has 0 spiro atoms. The largest absolute Gasteiger partial charge is 0.508 e. The van der Waals surface area contributed by atoms with Gasteiger partial charge in [0.1, 0.15) is 11.6 Å². The minimum atomic E-state index is -1.33. The minimum absolute atomic E-state index is 0.0602. The van der Waals surface area contributed by atoms with Crippen molar-refractivity contribution < 1.29 is 28.7 Å². The number of allylic oxidation sites excluding steroid dienone is 2. The number of halogens is 3. The van der Waals surface area contributed by atoms with E-state index in [1.165, 1.54) is 29.2 Å². The van der Waals surface area contributed by atoms with Crippen molar-refractivity contribution in [3.05, 3.63) is 105 Å². The predicted molar refractivity (Wildman–Crippen MR) is 161 cm³/mol. The van der Waals surface area contributed by atoms with Crippen LogP contribution in [0.4, 0.5) is 10.1 Å².